The van der Waals surface area contributed by atoms with Crippen LogP contribution in [0.25, 0.3) is 0 Å². The number of azo groups is 1. The van der Waals surface area contributed by atoms with E-state index < -0.39 is 0 Å². The van der Waals surface area contributed by atoms with Gasteiger partial charge in [0.2, 0.25) is 0 Å². The summed E-state index contributed by atoms with van der Waals surface area (Å²) in [5, 5.41) is 8.30. The van der Waals surface area contributed by atoms with E-state index in [1.165, 1.54) is 5.69 Å². The van der Waals surface area contributed by atoms with Crippen molar-refractivity contribution in [2.45, 2.75) is 13.8 Å². The Hall–Kier alpha value is -1.75. The number of hydrogen-bond acceptors (Lipinski definition) is 4. The molecule has 0 amide bonds. The van der Waals surface area contributed by atoms with Crippen LogP contribution in [0.4, 0.5) is 17.2 Å². The highest BCUT2D eigenvalue weighted by molar-refractivity contribution is 9.10. The van der Waals surface area contributed by atoms with Gasteiger partial charge in [0.1, 0.15) is 0 Å². The van der Waals surface area contributed by atoms with E-state index in [0.717, 1.165) is 23.2 Å². The lowest BCUT2D eigenvalue weighted by Gasteiger charge is -2.20. The molecular weight excluding hydrogens is 316 g/mol. The summed E-state index contributed by atoms with van der Waals surface area (Å²) >= 11 is 3.34. The van der Waals surface area contributed by atoms with Gasteiger partial charge in [0.25, 0.3) is 0 Å². The minimum atomic E-state index is 0.598. The molecule has 1 heterocycles. The quantitative estimate of drug-likeness (QED) is 0.714. The second kappa shape index (κ2) is 7.14. The minimum absolute atomic E-state index is 0.598. The highest BCUT2D eigenvalue weighted by atomic mass is 79.9. The Balaban J connectivity index is 2.08. The standard InChI is InChI=1S/C15H17BrN4/c1-3-20(4-2)14-8-6-13(7-9-14)18-19-15-10-5-12(16)11-17-15/h5-11H,3-4H2,1-2H3. The molecule has 0 saturated carbocycles. The van der Waals surface area contributed by atoms with E-state index in [4.69, 9.17) is 0 Å². The average molecular weight is 333 g/mol. The van der Waals surface area contributed by atoms with Gasteiger partial charge >= 0.3 is 0 Å². The second-order valence-electron chi connectivity index (χ2n) is 4.22. The number of aromatic nitrogens is 1. The predicted octanol–water partition coefficient (Wildman–Crippen LogP) is 5.11. The summed E-state index contributed by atoms with van der Waals surface area (Å²) < 4.78 is 0.931. The molecule has 1 aromatic heterocycles. The van der Waals surface area contributed by atoms with Crippen molar-refractivity contribution < 1.29 is 0 Å². The lowest BCUT2D eigenvalue weighted by Crippen LogP contribution is -2.21. The third-order valence-electron chi connectivity index (χ3n) is 2.96. The molecule has 1 aromatic carbocycles. The Morgan fingerprint density at radius 3 is 2.25 bits per heavy atom. The molecule has 0 unspecified atom stereocenters. The summed E-state index contributed by atoms with van der Waals surface area (Å²) in [4.78, 5) is 6.44. The highest BCUT2D eigenvalue weighted by Crippen LogP contribution is 2.21. The van der Waals surface area contributed by atoms with Crippen LogP contribution in [0.3, 0.4) is 0 Å². The Kier molecular flexibility index (Phi) is 5.24. The zero-order valence-corrected chi connectivity index (χ0v) is 13.2. The summed E-state index contributed by atoms with van der Waals surface area (Å²) in [7, 11) is 0. The number of hydrogen-bond donors (Lipinski definition) is 0. The SMILES string of the molecule is CCN(CC)c1ccc(N=Nc2ccc(Br)cn2)cc1. The molecule has 0 aliphatic rings. The fourth-order valence-electron chi connectivity index (χ4n) is 1.86. The smallest absolute Gasteiger partial charge is 0.174 e. The molecule has 0 aliphatic carbocycles. The van der Waals surface area contributed by atoms with Crippen molar-refractivity contribution in [1.82, 2.24) is 4.98 Å². The van der Waals surface area contributed by atoms with Gasteiger partial charge < -0.3 is 4.90 Å². The van der Waals surface area contributed by atoms with Crippen molar-refractivity contribution >= 4 is 33.1 Å². The topological polar surface area (TPSA) is 40.9 Å². The maximum atomic E-state index is 4.19. The fourth-order valence-corrected chi connectivity index (χ4v) is 2.09. The van der Waals surface area contributed by atoms with Crippen LogP contribution in [-0.4, -0.2) is 18.1 Å². The van der Waals surface area contributed by atoms with Crippen LogP contribution in [0.2, 0.25) is 0 Å². The van der Waals surface area contributed by atoms with Crippen LogP contribution >= 0.6 is 15.9 Å². The molecule has 0 radical (unpaired) electrons. The molecule has 0 N–H and O–H groups in total. The summed E-state index contributed by atoms with van der Waals surface area (Å²) in [5.74, 6) is 0.598. The van der Waals surface area contributed by atoms with Gasteiger partial charge in [-0.1, -0.05) is 0 Å². The fraction of sp³-hybridized carbons (Fsp3) is 0.267. The minimum Gasteiger partial charge on any atom is -0.372 e. The number of rotatable bonds is 5. The van der Waals surface area contributed by atoms with Crippen molar-refractivity contribution in [3.63, 3.8) is 0 Å². The maximum absolute atomic E-state index is 4.19. The molecule has 5 heteroatoms. The normalized spacial score (nSPS) is 10.9. The van der Waals surface area contributed by atoms with Crippen LogP contribution in [0, 0.1) is 0 Å². The number of halogens is 1. The molecule has 104 valence electrons. The molecule has 0 fully saturated rings. The van der Waals surface area contributed by atoms with E-state index >= 15 is 0 Å². The average Bonchev–Trinajstić information content (AvgIpc) is 2.49. The van der Waals surface area contributed by atoms with E-state index in [9.17, 15) is 0 Å². The van der Waals surface area contributed by atoms with Gasteiger partial charge in [-0.2, -0.15) is 0 Å². The Labute approximate surface area is 127 Å². The molecule has 0 saturated heterocycles. The van der Waals surface area contributed by atoms with Crippen LogP contribution in [-0.2, 0) is 0 Å². The molecule has 0 atom stereocenters. The van der Waals surface area contributed by atoms with E-state index in [2.05, 4.69) is 62.0 Å². The summed E-state index contributed by atoms with van der Waals surface area (Å²) in [6.45, 7) is 6.30. The maximum Gasteiger partial charge on any atom is 0.174 e. The van der Waals surface area contributed by atoms with Crippen molar-refractivity contribution in [3.05, 3.63) is 47.1 Å². The van der Waals surface area contributed by atoms with Gasteiger partial charge in [0, 0.05) is 29.4 Å². The van der Waals surface area contributed by atoms with Crippen LogP contribution in [0.1, 0.15) is 13.8 Å². The molecular formula is C15H17BrN4. The second-order valence-corrected chi connectivity index (χ2v) is 5.14. The van der Waals surface area contributed by atoms with Gasteiger partial charge in [-0.3, -0.25) is 0 Å². The van der Waals surface area contributed by atoms with Crippen LogP contribution < -0.4 is 4.90 Å². The molecule has 2 aromatic rings. The van der Waals surface area contributed by atoms with Crippen molar-refractivity contribution in [2.75, 3.05) is 18.0 Å². The summed E-state index contributed by atoms with van der Waals surface area (Å²) in [6.07, 6.45) is 1.71. The molecule has 0 aliphatic heterocycles. The lowest BCUT2D eigenvalue weighted by molar-refractivity contribution is 0.866. The van der Waals surface area contributed by atoms with Crippen LogP contribution in [0.15, 0.2) is 57.3 Å². The number of anilines is 1. The Bertz CT molecular complexity index is 559. The first-order valence-electron chi connectivity index (χ1n) is 6.61. The van der Waals surface area contributed by atoms with E-state index in [0.29, 0.717) is 5.82 Å². The van der Waals surface area contributed by atoms with Gasteiger partial charge in [-0.25, -0.2) is 4.98 Å². The first kappa shape index (κ1) is 14.7. The summed E-state index contributed by atoms with van der Waals surface area (Å²) in [6, 6.07) is 11.8. The first-order valence-corrected chi connectivity index (χ1v) is 7.40. The number of pyridine rings is 1. The number of nitrogens with zero attached hydrogens (tertiary/aromatic N) is 4. The zero-order chi connectivity index (χ0) is 14.4. The monoisotopic (exact) mass is 332 g/mol. The van der Waals surface area contributed by atoms with E-state index in [1.807, 2.05) is 24.3 Å². The van der Waals surface area contributed by atoms with Crippen LogP contribution in [0.5, 0.6) is 0 Å². The van der Waals surface area contributed by atoms with Crippen molar-refractivity contribution in [3.8, 4) is 0 Å². The van der Waals surface area contributed by atoms with Gasteiger partial charge in [0.05, 0.1) is 5.69 Å². The van der Waals surface area contributed by atoms with Gasteiger partial charge in [0.15, 0.2) is 5.82 Å². The lowest BCUT2D eigenvalue weighted by atomic mass is 10.2. The molecule has 0 spiro atoms. The van der Waals surface area contributed by atoms with Gasteiger partial charge in [-0.05, 0) is 66.2 Å². The molecule has 0 bridgehead atoms. The van der Waals surface area contributed by atoms with E-state index in [-0.39, 0.29) is 0 Å². The Morgan fingerprint density at radius 1 is 1.00 bits per heavy atom. The zero-order valence-electron chi connectivity index (χ0n) is 11.6. The summed E-state index contributed by atoms with van der Waals surface area (Å²) in [5.41, 5.74) is 2.03. The first-order chi connectivity index (χ1) is 9.72. The molecule has 20 heavy (non-hydrogen) atoms. The van der Waals surface area contributed by atoms with Crippen molar-refractivity contribution in [1.29, 1.82) is 0 Å². The third kappa shape index (κ3) is 3.87. The molecule has 2 rings (SSSR count). The highest BCUT2D eigenvalue weighted by Gasteiger charge is 2.00. The van der Waals surface area contributed by atoms with Gasteiger partial charge in [-0.15, -0.1) is 10.2 Å². The largest absolute Gasteiger partial charge is 0.372 e. The number of benzene rings is 1. The predicted molar refractivity (Wildman–Crippen MR) is 86.1 cm³/mol. The van der Waals surface area contributed by atoms with E-state index in [1.54, 1.807) is 6.20 Å². The van der Waals surface area contributed by atoms with Crippen molar-refractivity contribution in [2.24, 2.45) is 10.2 Å². The molecule has 4 nitrogen and oxygen atoms in total. The third-order valence-corrected chi connectivity index (χ3v) is 3.43. The Morgan fingerprint density at radius 2 is 1.70 bits per heavy atom.